The Hall–Kier alpha value is -3.69. The SMILES string of the molecule is CCOC(=O)COc1ccccc1S(=O)(=O)c1ccc(C[C@@H](C)N(Cc2ccccc2)C[C@H](O)c2cccc(Cl)c2)cc1. The molecule has 0 bridgehead atoms. The molecule has 0 aliphatic rings. The third kappa shape index (κ3) is 8.91. The number of hydrogen-bond donors (Lipinski definition) is 1. The van der Waals surface area contributed by atoms with Crippen LogP contribution in [-0.2, 0) is 32.3 Å². The molecule has 2 atom stereocenters. The van der Waals surface area contributed by atoms with Crippen LogP contribution in [0.25, 0.3) is 0 Å². The zero-order valence-corrected chi connectivity index (χ0v) is 25.8. The van der Waals surface area contributed by atoms with Crippen LogP contribution in [0.2, 0.25) is 5.02 Å². The lowest BCUT2D eigenvalue weighted by molar-refractivity contribution is -0.145. The van der Waals surface area contributed by atoms with Gasteiger partial charge in [0.25, 0.3) is 0 Å². The quantitative estimate of drug-likeness (QED) is 0.166. The smallest absolute Gasteiger partial charge is 0.344 e. The maximum absolute atomic E-state index is 13.5. The Morgan fingerprint density at radius 3 is 2.30 bits per heavy atom. The summed E-state index contributed by atoms with van der Waals surface area (Å²) < 4.78 is 37.4. The monoisotopic (exact) mass is 621 g/mol. The number of benzene rings is 4. The van der Waals surface area contributed by atoms with Crippen molar-refractivity contribution < 1.29 is 27.8 Å². The largest absolute Gasteiger partial charge is 0.481 e. The Bertz CT molecular complexity index is 1590. The summed E-state index contributed by atoms with van der Waals surface area (Å²) in [5, 5.41) is 11.6. The number of rotatable bonds is 14. The van der Waals surface area contributed by atoms with Gasteiger partial charge in [-0.25, -0.2) is 13.2 Å². The van der Waals surface area contributed by atoms with E-state index >= 15 is 0 Å². The maximum atomic E-state index is 13.5. The summed E-state index contributed by atoms with van der Waals surface area (Å²) in [7, 11) is -3.91. The van der Waals surface area contributed by atoms with E-state index in [1.54, 1.807) is 55.5 Å². The summed E-state index contributed by atoms with van der Waals surface area (Å²) in [6, 6.07) is 30.3. The van der Waals surface area contributed by atoms with Gasteiger partial charge in [0, 0.05) is 24.2 Å². The van der Waals surface area contributed by atoms with Crippen LogP contribution in [0.4, 0.5) is 0 Å². The lowest BCUT2D eigenvalue weighted by Gasteiger charge is -2.31. The van der Waals surface area contributed by atoms with Gasteiger partial charge in [0.15, 0.2) is 6.61 Å². The molecule has 1 N–H and O–H groups in total. The molecule has 4 aromatic carbocycles. The number of carbonyl (C=O) groups is 1. The highest BCUT2D eigenvalue weighted by Gasteiger charge is 2.24. The van der Waals surface area contributed by atoms with Crippen LogP contribution in [-0.4, -0.2) is 50.2 Å². The molecule has 0 aromatic heterocycles. The van der Waals surface area contributed by atoms with E-state index < -0.39 is 21.9 Å². The summed E-state index contributed by atoms with van der Waals surface area (Å²) >= 11 is 6.16. The maximum Gasteiger partial charge on any atom is 0.344 e. The highest BCUT2D eigenvalue weighted by molar-refractivity contribution is 7.91. The first kappa shape index (κ1) is 32.2. The zero-order chi connectivity index (χ0) is 30.8. The minimum atomic E-state index is -3.91. The molecule has 0 heterocycles. The van der Waals surface area contributed by atoms with Gasteiger partial charge in [0.2, 0.25) is 9.84 Å². The van der Waals surface area contributed by atoms with E-state index in [4.69, 9.17) is 21.1 Å². The summed E-state index contributed by atoms with van der Waals surface area (Å²) in [5.41, 5.74) is 2.82. The molecule has 43 heavy (non-hydrogen) atoms. The second-order valence-corrected chi connectivity index (χ2v) is 12.6. The highest BCUT2D eigenvalue weighted by atomic mass is 35.5. The van der Waals surface area contributed by atoms with E-state index in [0.717, 1.165) is 16.7 Å². The minimum absolute atomic E-state index is 0.0218. The molecule has 226 valence electrons. The molecule has 0 unspecified atom stereocenters. The lowest BCUT2D eigenvalue weighted by Crippen LogP contribution is -2.37. The van der Waals surface area contributed by atoms with Crippen LogP contribution in [0.1, 0.15) is 36.6 Å². The summed E-state index contributed by atoms with van der Waals surface area (Å²) in [4.78, 5) is 14.1. The number of aliphatic hydroxyl groups excluding tert-OH is 1. The van der Waals surface area contributed by atoms with Crippen molar-refractivity contribution in [3.05, 3.63) is 125 Å². The van der Waals surface area contributed by atoms with Gasteiger partial charge in [-0.1, -0.05) is 78.3 Å². The van der Waals surface area contributed by atoms with E-state index in [2.05, 4.69) is 24.0 Å². The van der Waals surface area contributed by atoms with Gasteiger partial charge >= 0.3 is 5.97 Å². The zero-order valence-electron chi connectivity index (χ0n) is 24.2. The Morgan fingerprint density at radius 1 is 0.907 bits per heavy atom. The van der Waals surface area contributed by atoms with E-state index in [-0.39, 0.29) is 34.8 Å². The molecule has 0 amide bonds. The Balaban J connectivity index is 1.50. The molecule has 4 aromatic rings. The molecule has 4 rings (SSSR count). The normalized spacial score (nSPS) is 13.0. The molecular weight excluding hydrogens is 586 g/mol. The number of para-hydroxylation sites is 1. The molecule has 7 nitrogen and oxygen atoms in total. The van der Waals surface area contributed by atoms with Gasteiger partial charge in [-0.15, -0.1) is 0 Å². The first-order valence-electron chi connectivity index (χ1n) is 14.1. The molecule has 0 radical (unpaired) electrons. The summed E-state index contributed by atoms with van der Waals surface area (Å²) in [6.07, 6.45) is -0.0993. The van der Waals surface area contributed by atoms with E-state index in [9.17, 15) is 18.3 Å². The summed E-state index contributed by atoms with van der Waals surface area (Å²) in [5.74, 6) is -0.488. The molecule has 0 saturated heterocycles. The first-order chi connectivity index (χ1) is 20.7. The van der Waals surface area contributed by atoms with Gasteiger partial charge < -0.3 is 14.6 Å². The van der Waals surface area contributed by atoms with Crippen molar-refractivity contribution >= 4 is 27.4 Å². The van der Waals surface area contributed by atoms with Crippen molar-refractivity contribution in [2.75, 3.05) is 19.8 Å². The molecule has 0 fully saturated rings. The fourth-order valence-electron chi connectivity index (χ4n) is 4.79. The van der Waals surface area contributed by atoms with Crippen LogP contribution in [0.15, 0.2) is 113 Å². The standard InChI is InChI=1S/C34H36ClNO6S/c1-3-41-34(38)24-42-32-14-7-8-15-33(32)43(39,40)30-18-16-26(17-19-30)20-25(2)36(22-27-10-5-4-6-11-27)23-31(37)28-12-9-13-29(35)21-28/h4-19,21,25,31,37H,3,20,22-24H2,1-2H3/t25-,31+/m1/s1. The fourth-order valence-corrected chi connectivity index (χ4v) is 6.39. The van der Waals surface area contributed by atoms with Crippen LogP contribution < -0.4 is 4.74 Å². The number of esters is 1. The van der Waals surface area contributed by atoms with E-state index in [0.29, 0.717) is 24.5 Å². The van der Waals surface area contributed by atoms with Gasteiger partial charge in [0.05, 0.1) is 17.6 Å². The number of carbonyl (C=O) groups excluding carboxylic acids is 1. The molecular formula is C34H36ClNO6S. The highest BCUT2D eigenvalue weighted by Crippen LogP contribution is 2.30. The average molecular weight is 622 g/mol. The van der Waals surface area contributed by atoms with Crippen LogP contribution >= 0.6 is 11.6 Å². The van der Waals surface area contributed by atoms with Crippen molar-refractivity contribution in [1.82, 2.24) is 4.90 Å². The molecule has 9 heteroatoms. The van der Waals surface area contributed by atoms with Crippen LogP contribution in [0, 0.1) is 0 Å². The Morgan fingerprint density at radius 2 is 1.60 bits per heavy atom. The number of ether oxygens (including phenoxy) is 2. The summed E-state index contributed by atoms with van der Waals surface area (Å²) in [6.45, 7) is 4.63. The molecule has 0 saturated carbocycles. The number of hydrogen-bond acceptors (Lipinski definition) is 7. The molecule has 0 spiro atoms. The predicted molar refractivity (Wildman–Crippen MR) is 167 cm³/mol. The minimum Gasteiger partial charge on any atom is -0.481 e. The predicted octanol–water partition coefficient (Wildman–Crippen LogP) is 6.28. The molecule has 0 aliphatic carbocycles. The van der Waals surface area contributed by atoms with Crippen molar-refractivity contribution in [2.24, 2.45) is 0 Å². The van der Waals surface area contributed by atoms with Gasteiger partial charge in [-0.2, -0.15) is 0 Å². The van der Waals surface area contributed by atoms with E-state index in [1.165, 1.54) is 12.1 Å². The van der Waals surface area contributed by atoms with E-state index in [1.807, 2.05) is 30.3 Å². The Kier molecular flexibility index (Phi) is 11.4. The number of nitrogens with zero attached hydrogens (tertiary/aromatic N) is 1. The third-order valence-corrected chi connectivity index (χ3v) is 9.09. The number of sulfone groups is 1. The van der Waals surface area contributed by atoms with Crippen LogP contribution in [0.3, 0.4) is 0 Å². The fraction of sp³-hybridized carbons (Fsp3) is 0.265. The second kappa shape index (κ2) is 15.2. The third-order valence-electron chi connectivity index (χ3n) is 7.05. The van der Waals surface area contributed by atoms with Crippen molar-refractivity contribution in [2.45, 2.75) is 48.7 Å². The van der Waals surface area contributed by atoms with Crippen molar-refractivity contribution in [3.8, 4) is 5.75 Å². The average Bonchev–Trinajstić information content (AvgIpc) is 3.00. The van der Waals surface area contributed by atoms with Gasteiger partial charge in [-0.05, 0) is 73.4 Å². The van der Waals surface area contributed by atoms with Crippen molar-refractivity contribution in [3.63, 3.8) is 0 Å². The van der Waals surface area contributed by atoms with Crippen molar-refractivity contribution in [1.29, 1.82) is 0 Å². The van der Waals surface area contributed by atoms with Crippen LogP contribution in [0.5, 0.6) is 5.75 Å². The first-order valence-corrected chi connectivity index (χ1v) is 16.0. The number of halogens is 1. The topological polar surface area (TPSA) is 93.1 Å². The Labute approximate surface area is 258 Å². The number of aliphatic hydroxyl groups is 1. The second-order valence-electron chi connectivity index (χ2n) is 10.2. The van der Waals surface area contributed by atoms with Gasteiger partial charge in [-0.3, -0.25) is 4.90 Å². The molecule has 0 aliphatic heterocycles. The van der Waals surface area contributed by atoms with Gasteiger partial charge in [0.1, 0.15) is 10.6 Å². The lowest BCUT2D eigenvalue weighted by atomic mass is 10.0.